The van der Waals surface area contributed by atoms with Crippen molar-refractivity contribution in [2.24, 2.45) is 0 Å². The summed E-state index contributed by atoms with van der Waals surface area (Å²) in [5, 5.41) is 0. The molecule has 0 aliphatic heterocycles. The lowest BCUT2D eigenvalue weighted by molar-refractivity contribution is 1.17. The summed E-state index contributed by atoms with van der Waals surface area (Å²) in [6.07, 6.45) is 3.34. The van der Waals surface area contributed by atoms with Crippen LogP contribution in [-0.4, -0.2) is 9.97 Å². The second-order valence-electron chi connectivity index (χ2n) is 3.39. The van der Waals surface area contributed by atoms with E-state index < -0.39 is 0 Å². The van der Waals surface area contributed by atoms with Gasteiger partial charge in [-0.1, -0.05) is 12.1 Å². The second kappa shape index (κ2) is 3.58. The Kier molecular flexibility index (Phi) is 2.27. The van der Waals surface area contributed by atoms with E-state index in [1.807, 2.05) is 6.07 Å². The van der Waals surface area contributed by atoms with E-state index in [2.05, 4.69) is 42.0 Å². The lowest BCUT2D eigenvalue weighted by Crippen LogP contribution is -1.86. The van der Waals surface area contributed by atoms with Gasteiger partial charge in [0.2, 0.25) is 0 Å². The molecular formula is C12H12N2. The minimum absolute atomic E-state index is 0.975. The summed E-state index contributed by atoms with van der Waals surface area (Å²) >= 11 is 0. The van der Waals surface area contributed by atoms with Gasteiger partial charge >= 0.3 is 0 Å². The fraction of sp³-hybridized carbons (Fsp3) is 0.167. The van der Waals surface area contributed by atoms with Crippen LogP contribution in [0.5, 0.6) is 0 Å². The van der Waals surface area contributed by atoms with Crippen LogP contribution in [0.15, 0.2) is 36.8 Å². The summed E-state index contributed by atoms with van der Waals surface area (Å²) < 4.78 is 0. The molecule has 0 atom stereocenters. The van der Waals surface area contributed by atoms with E-state index >= 15 is 0 Å². The van der Waals surface area contributed by atoms with Gasteiger partial charge in [0.25, 0.3) is 0 Å². The molecule has 0 spiro atoms. The molecule has 0 saturated carbocycles. The normalized spacial score (nSPS) is 10.1. The Balaban J connectivity index is 2.48. The molecule has 70 valence electrons. The summed E-state index contributed by atoms with van der Waals surface area (Å²) in [7, 11) is 0. The second-order valence-corrected chi connectivity index (χ2v) is 3.39. The molecule has 14 heavy (non-hydrogen) atoms. The Labute approximate surface area is 83.7 Å². The summed E-state index contributed by atoms with van der Waals surface area (Å²) in [6, 6.07) is 8.28. The smallest absolute Gasteiger partial charge is 0.116 e. The predicted molar refractivity (Wildman–Crippen MR) is 56.9 cm³/mol. The maximum atomic E-state index is 4.21. The van der Waals surface area contributed by atoms with Crippen LogP contribution in [0, 0.1) is 13.8 Å². The first-order valence-corrected chi connectivity index (χ1v) is 4.61. The highest BCUT2D eigenvalue weighted by molar-refractivity contribution is 5.60. The maximum Gasteiger partial charge on any atom is 0.116 e. The topological polar surface area (TPSA) is 25.8 Å². The van der Waals surface area contributed by atoms with Gasteiger partial charge in [-0.05, 0) is 37.1 Å². The van der Waals surface area contributed by atoms with E-state index in [1.165, 1.54) is 11.1 Å². The molecule has 0 N–H and O–H groups in total. The summed E-state index contributed by atoms with van der Waals surface area (Å²) in [5.74, 6) is 0. The predicted octanol–water partition coefficient (Wildman–Crippen LogP) is 2.76. The molecule has 2 aromatic rings. The lowest BCUT2D eigenvalue weighted by atomic mass is 10.0. The van der Waals surface area contributed by atoms with Crippen LogP contribution >= 0.6 is 0 Å². The van der Waals surface area contributed by atoms with E-state index in [0.29, 0.717) is 0 Å². The molecule has 0 radical (unpaired) electrons. The lowest BCUT2D eigenvalue weighted by Gasteiger charge is -2.03. The Morgan fingerprint density at radius 3 is 2.50 bits per heavy atom. The summed E-state index contributed by atoms with van der Waals surface area (Å²) in [6.45, 7) is 4.22. The zero-order valence-electron chi connectivity index (χ0n) is 8.36. The van der Waals surface area contributed by atoms with Crippen molar-refractivity contribution in [1.29, 1.82) is 0 Å². The zero-order valence-corrected chi connectivity index (χ0v) is 8.36. The third-order valence-corrected chi connectivity index (χ3v) is 2.38. The van der Waals surface area contributed by atoms with Crippen LogP contribution in [0.2, 0.25) is 0 Å². The van der Waals surface area contributed by atoms with Crippen molar-refractivity contribution >= 4 is 0 Å². The first-order chi connectivity index (χ1) is 6.77. The average molecular weight is 184 g/mol. The number of benzene rings is 1. The first-order valence-electron chi connectivity index (χ1n) is 4.61. The molecule has 0 fully saturated rings. The fourth-order valence-corrected chi connectivity index (χ4v) is 1.36. The number of nitrogens with zero attached hydrogens (tertiary/aromatic N) is 2. The largest absolute Gasteiger partial charge is 0.245 e. The van der Waals surface area contributed by atoms with Crippen LogP contribution in [-0.2, 0) is 0 Å². The van der Waals surface area contributed by atoms with Gasteiger partial charge in [-0.25, -0.2) is 9.97 Å². The molecule has 0 amide bonds. The van der Waals surface area contributed by atoms with E-state index in [-0.39, 0.29) is 0 Å². The fourth-order valence-electron chi connectivity index (χ4n) is 1.36. The van der Waals surface area contributed by atoms with Gasteiger partial charge in [0.05, 0.1) is 5.69 Å². The minimum Gasteiger partial charge on any atom is -0.245 e. The van der Waals surface area contributed by atoms with Crippen LogP contribution in [0.3, 0.4) is 0 Å². The van der Waals surface area contributed by atoms with Gasteiger partial charge in [0.1, 0.15) is 6.33 Å². The highest BCUT2D eigenvalue weighted by atomic mass is 14.8. The molecule has 2 rings (SSSR count). The average Bonchev–Trinajstić information content (AvgIpc) is 2.23. The number of hydrogen-bond donors (Lipinski definition) is 0. The van der Waals surface area contributed by atoms with Gasteiger partial charge in [0.15, 0.2) is 0 Å². The van der Waals surface area contributed by atoms with Crippen LogP contribution in [0.25, 0.3) is 11.3 Å². The molecule has 1 heterocycles. The Hall–Kier alpha value is -1.70. The molecular weight excluding hydrogens is 172 g/mol. The Bertz CT molecular complexity index is 435. The van der Waals surface area contributed by atoms with Crippen LogP contribution < -0.4 is 0 Å². The van der Waals surface area contributed by atoms with E-state index in [0.717, 1.165) is 11.3 Å². The van der Waals surface area contributed by atoms with Crippen molar-refractivity contribution in [3.05, 3.63) is 47.9 Å². The van der Waals surface area contributed by atoms with Gasteiger partial charge in [-0.3, -0.25) is 0 Å². The molecule has 1 aromatic heterocycles. The molecule has 0 unspecified atom stereocenters. The quantitative estimate of drug-likeness (QED) is 0.681. The van der Waals surface area contributed by atoms with Gasteiger partial charge in [-0.15, -0.1) is 0 Å². The Morgan fingerprint density at radius 1 is 1.00 bits per heavy atom. The SMILES string of the molecule is Cc1ccc(-c2ccncn2)cc1C. The van der Waals surface area contributed by atoms with Gasteiger partial charge < -0.3 is 0 Å². The van der Waals surface area contributed by atoms with Crippen LogP contribution in [0.1, 0.15) is 11.1 Å². The summed E-state index contributed by atoms with van der Waals surface area (Å²) in [4.78, 5) is 8.11. The first kappa shape index (κ1) is 8.88. The van der Waals surface area contributed by atoms with Crippen molar-refractivity contribution < 1.29 is 0 Å². The third-order valence-electron chi connectivity index (χ3n) is 2.38. The van der Waals surface area contributed by atoms with E-state index in [9.17, 15) is 0 Å². The van der Waals surface area contributed by atoms with E-state index in [1.54, 1.807) is 12.5 Å². The van der Waals surface area contributed by atoms with Crippen molar-refractivity contribution in [3.63, 3.8) is 0 Å². The third kappa shape index (κ3) is 1.64. The highest BCUT2D eigenvalue weighted by Gasteiger charge is 1.99. The van der Waals surface area contributed by atoms with Crippen molar-refractivity contribution in [1.82, 2.24) is 9.97 Å². The molecule has 0 saturated heterocycles. The number of aryl methyl sites for hydroxylation is 2. The van der Waals surface area contributed by atoms with Crippen molar-refractivity contribution in [3.8, 4) is 11.3 Å². The van der Waals surface area contributed by atoms with Crippen molar-refractivity contribution in [2.75, 3.05) is 0 Å². The molecule has 0 aliphatic carbocycles. The van der Waals surface area contributed by atoms with Gasteiger partial charge in [0, 0.05) is 11.8 Å². The monoisotopic (exact) mass is 184 g/mol. The number of aromatic nitrogens is 2. The van der Waals surface area contributed by atoms with E-state index in [4.69, 9.17) is 0 Å². The minimum atomic E-state index is 0.975. The Morgan fingerprint density at radius 2 is 1.86 bits per heavy atom. The van der Waals surface area contributed by atoms with Crippen molar-refractivity contribution in [2.45, 2.75) is 13.8 Å². The molecule has 0 aliphatic rings. The van der Waals surface area contributed by atoms with Gasteiger partial charge in [-0.2, -0.15) is 0 Å². The maximum absolute atomic E-state index is 4.21. The molecule has 2 heteroatoms. The number of hydrogen-bond acceptors (Lipinski definition) is 2. The highest BCUT2D eigenvalue weighted by Crippen LogP contribution is 2.18. The van der Waals surface area contributed by atoms with Crippen LogP contribution in [0.4, 0.5) is 0 Å². The molecule has 2 nitrogen and oxygen atoms in total. The molecule has 0 bridgehead atoms. The molecule has 1 aromatic carbocycles. The standard InChI is InChI=1S/C12H12N2/c1-9-3-4-11(7-10(9)2)12-5-6-13-8-14-12/h3-8H,1-2H3. The summed E-state index contributed by atoms with van der Waals surface area (Å²) in [5.41, 5.74) is 4.72. The number of rotatable bonds is 1. The zero-order chi connectivity index (χ0) is 9.97.